The Morgan fingerprint density at radius 1 is 1.21 bits per heavy atom. The highest BCUT2D eigenvalue weighted by Crippen LogP contribution is 2.23. The van der Waals surface area contributed by atoms with Crippen LogP contribution >= 0.6 is 11.3 Å². The van der Waals surface area contributed by atoms with Crippen molar-refractivity contribution in [2.24, 2.45) is 4.40 Å². The maximum Gasteiger partial charge on any atom is 0.285 e. The first kappa shape index (κ1) is 16.7. The third-order valence-corrected chi connectivity index (χ3v) is 5.95. The van der Waals surface area contributed by atoms with Crippen LogP contribution in [0.3, 0.4) is 0 Å². The van der Waals surface area contributed by atoms with Crippen LogP contribution in [0.15, 0.2) is 51.8 Å². The predicted molar refractivity (Wildman–Crippen MR) is 91.2 cm³/mol. The molecule has 0 atom stereocenters. The lowest BCUT2D eigenvalue weighted by molar-refractivity contribution is 0.415. The second kappa shape index (κ2) is 6.37. The number of benzene rings is 2. The summed E-state index contributed by atoms with van der Waals surface area (Å²) in [5.74, 6) is 0.200. The van der Waals surface area contributed by atoms with Crippen LogP contribution in [-0.2, 0) is 16.6 Å². The maximum absolute atomic E-state index is 13.0. The third kappa shape index (κ3) is 3.07. The number of halogens is 1. The fourth-order valence-electron chi connectivity index (χ4n) is 2.32. The van der Waals surface area contributed by atoms with Crippen LogP contribution in [0, 0.1) is 5.82 Å². The molecule has 2 aromatic carbocycles. The third-order valence-electron chi connectivity index (χ3n) is 3.52. The summed E-state index contributed by atoms with van der Waals surface area (Å²) in [6, 6.07) is 10.2. The van der Waals surface area contributed by atoms with Crippen LogP contribution in [0.25, 0.3) is 10.2 Å². The van der Waals surface area contributed by atoms with Gasteiger partial charge in [0, 0.05) is 6.54 Å². The molecule has 8 heteroatoms. The molecular formula is C16H15FN2O3S2. The summed E-state index contributed by atoms with van der Waals surface area (Å²) >= 11 is 1.27. The van der Waals surface area contributed by atoms with Gasteiger partial charge in [0.15, 0.2) is 0 Å². The maximum atomic E-state index is 13.0. The Labute approximate surface area is 142 Å². The van der Waals surface area contributed by atoms with Gasteiger partial charge in [0.1, 0.15) is 11.6 Å². The van der Waals surface area contributed by atoms with E-state index >= 15 is 0 Å². The van der Waals surface area contributed by atoms with E-state index in [0.29, 0.717) is 17.1 Å². The molecule has 0 aliphatic carbocycles. The van der Waals surface area contributed by atoms with Crippen molar-refractivity contribution >= 4 is 31.6 Å². The van der Waals surface area contributed by atoms with Gasteiger partial charge in [-0.3, -0.25) is 0 Å². The van der Waals surface area contributed by atoms with Gasteiger partial charge in [-0.15, -0.1) is 4.40 Å². The number of methoxy groups -OCH3 is 1. The highest BCUT2D eigenvalue weighted by atomic mass is 32.2. The summed E-state index contributed by atoms with van der Waals surface area (Å²) in [7, 11) is -2.33. The first-order chi connectivity index (χ1) is 11.4. The lowest BCUT2D eigenvalue weighted by atomic mass is 10.3. The number of rotatable bonds is 4. The van der Waals surface area contributed by atoms with Gasteiger partial charge in [0.25, 0.3) is 10.0 Å². The number of thiazole rings is 1. The molecule has 0 spiro atoms. The number of aryl methyl sites for hydroxylation is 1. The van der Waals surface area contributed by atoms with E-state index in [1.54, 1.807) is 7.11 Å². The smallest absolute Gasteiger partial charge is 0.285 e. The van der Waals surface area contributed by atoms with E-state index < -0.39 is 15.8 Å². The Morgan fingerprint density at radius 3 is 2.54 bits per heavy atom. The Balaban J connectivity index is 2.20. The lowest BCUT2D eigenvalue weighted by Gasteiger charge is -2.02. The molecule has 24 heavy (non-hydrogen) atoms. The van der Waals surface area contributed by atoms with Crippen LogP contribution in [0.2, 0.25) is 0 Å². The largest absolute Gasteiger partial charge is 0.497 e. The Hall–Kier alpha value is -2.19. The summed E-state index contributed by atoms with van der Waals surface area (Å²) in [5, 5.41) is 0. The van der Waals surface area contributed by atoms with Crippen molar-refractivity contribution in [1.82, 2.24) is 4.57 Å². The molecule has 126 valence electrons. The summed E-state index contributed by atoms with van der Waals surface area (Å²) in [5.41, 5.74) is 0.886. The van der Waals surface area contributed by atoms with Gasteiger partial charge < -0.3 is 9.30 Å². The number of hydrogen-bond donors (Lipinski definition) is 0. The standard InChI is InChI=1S/C16H15FN2O3S2/c1-3-19-14-9-6-12(22-2)10-15(14)23-16(19)18-24(20,21)13-7-4-11(17)5-8-13/h4-10H,3H2,1-2H3/b18-16-. The van der Waals surface area contributed by atoms with Gasteiger partial charge in [-0.25, -0.2) is 4.39 Å². The normalized spacial score (nSPS) is 12.7. The lowest BCUT2D eigenvalue weighted by Crippen LogP contribution is -2.16. The topological polar surface area (TPSA) is 60.7 Å². The molecule has 0 N–H and O–H groups in total. The van der Waals surface area contributed by atoms with Gasteiger partial charge in [0.05, 0.1) is 22.2 Å². The van der Waals surface area contributed by atoms with Gasteiger partial charge in [-0.2, -0.15) is 8.42 Å². The molecule has 5 nitrogen and oxygen atoms in total. The van der Waals surface area contributed by atoms with Crippen LogP contribution in [0.4, 0.5) is 4.39 Å². The van der Waals surface area contributed by atoms with E-state index in [1.807, 2.05) is 29.7 Å². The van der Waals surface area contributed by atoms with Crippen LogP contribution in [0.1, 0.15) is 6.92 Å². The van der Waals surface area contributed by atoms with E-state index in [2.05, 4.69) is 4.40 Å². The molecule has 0 unspecified atom stereocenters. The molecule has 1 heterocycles. The molecule has 0 radical (unpaired) electrons. The first-order valence-corrected chi connectivity index (χ1v) is 9.44. The monoisotopic (exact) mass is 366 g/mol. The Kier molecular flexibility index (Phi) is 4.42. The quantitative estimate of drug-likeness (QED) is 0.713. The van der Waals surface area contributed by atoms with Crippen molar-refractivity contribution in [3.05, 3.63) is 53.1 Å². The molecule has 1 aromatic heterocycles. The second-order valence-corrected chi connectivity index (χ2v) is 7.60. The summed E-state index contributed by atoms with van der Waals surface area (Å²) in [4.78, 5) is 0.326. The van der Waals surface area contributed by atoms with Crippen molar-refractivity contribution in [3.8, 4) is 5.75 Å². The molecule has 3 aromatic rings. The predicted octanol–water partition coefficient (Wildman–Crippen LogP) is 3.16. The van der Waals surface area contributed by atoms with Crippen LogP contribution in [-0.4, -0.2) is 20.1 Å². The van der Waals surface area contributed by atoms with Gasteiger partial charge in [0.2, 0.25) is 4.80 Å². The average Bonchev–Trinajstić information content (AvgIpc) is 2.90. The first-order valence-electron chi connectivity index (χ1n) is 7.18. The Bertz CT molecular complexity index is 1050. The fourth-order valence-corrected chi connectivity index (χ4v) is 4.64. The van der Waals surface area contributed by atoms with Crippen molar-refractivity contribution in [2.75, 3.05) is 7.11 Å². The van der Waals surface area contributed by atoms with Gasteiger partial charge in [-0.1, -0.05) is 11.3 Å². The number of aromatic nitrogens is 1. The highest BCUT2D eigenvalue weighted by molar-refractivity contribution is 7.90. The van der Waals surface area contributed by atoms with E-state index in [-0.39, 0.29) is 4.90 Å². The molecule has 0 saturated heterocycles. The minimum absolute atomic E-state index is 0.0402. The van der Waals surface area contributed by atoms with E-state index in [9.17, 15) is 12.8 Å². The molecule has 0 amide bonds. The summed E-state index contributed by atoms with van der Waals surface area (Å²) < 4.78 is 49.8. The number of sulfonamides is 1. The average molecular weight is 366 g/mol. The molecule has 0 bridgehead atoms. The van der Waals surface area contributed by atoms with Crippen molar-refractivity contribution in [1.29, 1.82) is 0 Å². The van der Waals surface area contributed by atoms with E-state index in [1.165, 1.54) is 23.5 Å². The van der Waals surface area contributed by atoms with Crippen LogP contribution < -0.4 is 9.54 Å². The van der Waals surface area contributed by atoms with Crippen molar-refractivity contribution in [3.63, 3.8) is 0 Å². The number of ether oxygens (including phenoxy) is 1. The van der Waals surface area contributed by atoms with Crippen LogP contribution in [0.5, 0.6) is 5.75 Å². The molecule has 0 fully saturated rings. The number of fused-ring (bicyclic) bond motifs is 1. The molecule has 0 saturated carbocycles. The van der Waals surface area contributed by atoms with E-state index in [4.69, 9.17) is 4.74 Å². The minimum Gasteiger partial charge on any atom is -0.497 e. The SMILES string of the molecule is CCn1/c(=N/S(=O)(=O)c2ccc(F)cc2)sc2cc(OC)ccc21. The second-order valence-electron chi connectivity index (χ2n) is 4.98. The van der Waals surface area contributed by atoms with Crippen molar-refractivity contribution in [2.45, 2.75) is 18.4 Å². The summed E-state index contributed by atoms with van der Waals surface area (Å²) in [6.45, 7) is 2.49. The Morgan fingerprint density at radius 2 is 1.92 bits per heavy atom. The molecule has 3 rings (SSSR count). The minimum atomic E-state index is -3.91. The van der Waals surface area contributed by atoms with E-state index in [0.717, 1.165) is 22.3 Å². The number of nitrogens with zero attached hydrogens (tertiary/aromatic N) is 2. The fraction of sp³-hybridized carbons (Fsp3) is 0.188. The zero-order valence-electron chi connectivity index (χ0n) is 13.1. The zero-order valence-corrected chi connectivity index (χ0v) is 14.7. The summed E-state index contributed by atoms with van der Waals surface area (Å²) in [6.07, 6.45) is 0. The van der Waals surface area contributed by atoms with Gasteiger partial charge in [-0.05, 0) is 49.4 Å². The van der Waals surface area contributed by atoms with Crippen molar-refractivity contribution < 1.29 is 17.5 Å². The zero-order chi connectivity index (χ0) is 17.3. The molecule has 0 aliphatic heterocycles. The van der Waals surface area contributed by atoms with Gasteiger partial charge >= 0.3 is 0 Å². The number of hydrogen-bond acceptors (Lipinski definition) is 4. The molecular weight excluding hydrogens is 351 g/mol. The molecule has 0 aliphatic rings. The highest BCUT2D eigenvalue weighted by Gasteiger charge is 2.14.